The third-order valence-corrected chi connectivity index (χ3v) is 9.10. The number of aliphatic imine (C=N–C) groups is 1. The number of hydrogen-bond donors (Lipinski definition) is 0. The molecule has 2 heterocycles. The SMILES string of the molecule is CCCCCO[C@]1(N=Cc2ccc([N+](=O)[O-])cc2)C(=O)N2C(C(=O)OC(c3ccccc3)c3ccccc3)=C(COC(C)=O)CS[C@@H]21. The number of rotatable bonds is 14. The molecular formula is C35H35N3O8S. The number of ether oxygens (including phenoxy) is 3. The molecule has 2 aliphatic heterocycles. The Kier molecular flexibility index (Phi) is 10.8. The molecule has 47 heavy (non-hydrogen) atoms. The molecule has 2 aliphatic rings. The van der Waals surface area contributed by atoms with Crippen molar-refractivity contribution in [3.63, 3.8) is 0 Å². The quantitative estimate of drug-likeness (QED) is 0.0512. The number of amides is 1. The van der Waals surface area contributed by atoms with Gasteiger partial charge in [0.25, 0.3) is 17.3 Å². The van der Waals surface area contributed by atoms with E-state index in [2.05, 4.69) is 11.9 Å². The van der Waals surface area contributed by atoms with Crippen molar-refractivity contribution in [3.8, 4) is 0 Å². The first-order chi connectivity index (χ1) is 22.7. The Morgan fingerprint density at radius 3 is 2.26 bits per heavy atom. The number of carbonyl (C=O) groups is 3. The number of non-ortho nitro benzene ring substituents is 1. The van der Waals surface area contributed by atoms with Crippen LogP contribution in [-0.4, -0.2) is 63.9 Å². The van der Waals surface area contributed by atoms with E-state index >= 15 is 0 Å². The van der Waals surface area contributed by atoms with E-state index in [1.54, 1.807) is 0 Å². The lowest BCUT2D eigenvalue weighted by atomic mass is 9.98. The Bertz CT molecular complexity index is 1620. The maximum absolute atomic E-state index is 14.2. The number of β-lactam (4-membered cyclic amide) rings is 1. The minimum atomic E-state index is -1.64. The molecule has 0 aliphatic carbocycles. The van der Waals surface area contributed by atoms with Crippen LogP contribution in [-0.2, 0) is 28.6 Å². The zero-order chi connectivity index (χ0) is 33.4. The lowest BCUT2D eigenvalue weighted by Crippen LogP contribution is -2.74. The minimum Gasteiger partial charge on any atom is -0.461 e. The molecule has 12 heteroatoms. The molecule has 0 spiro atoms. The van der Waals surface area contributed by atoms with Crippen molar-refractivity contribution >= 4 is 41.5 Å². The first-order valence-corrected chi connectivity index (χ1v) is 16.3. The van der Waals surface area contributed by atoms with Gasteiger partial charge in [-0.25, -0.2) is 9.79 Å². The van der Waals surface area contributed by atoms with E-state index in [0.29, 0.717) is 17.6 Å². The zero-order valence-corrected chi connectivity index (χ0v) is 26.9. The second kappa shape index (κ2) is 15.2. The van der Waals surface area contributed by atoms with Gasteiger partial charge in [0.05, 0.1) is 11.5 Å². The van der Waals surface area contributed by atoms with E-state index in [-0.39, 0.29) is 30.4 Å². The summed E-state index contributed by atoms with van der Waals surface area (Å²) < 4.78 is 17.7. The van der Waals surface area contributed by atoms with Gasteiger partial charge < -0.3 is 14.2 Å². The fourth-order valence-corrected chi connectivity index (χ4v) is 6.71. The first-order valence-electron chi connectivity index (χ1n) is 15.3. The molecule has 0 aromatic heterocycles. The summed E-state index contributed by atoms with van der Waals surface area (Å²) in [7, 11) is 0. The van der Waals surface area contributed by atoms with Crippen molar-refractivity contribution in [3.05, 3.63) is 123 Å². The standard InChI is InChI=1S/C35H35N3O8S/c1-3-4-11-20-45-35(36-21-25-16-18-29(19-17-25)38(42)43)33(41)37-30(28(22-44-24(2)39)23-47-34(35)37)32(40)46-31(26-12-7-5-8-13-26)27-14-9-6-10-15-27/h5-10,12-19,21,31,34H,3-4,11,20,22-23H2,1-2H3/t34-,35-/m1/s1. The lowest BCUT2D eigenvalue weighted by Gasteiger charge is -2.54. The first kappa shape index (κ1) is 33.6. The van der Waals surface area contributed by atoms with E-state index in [1.165, 1.54) is 54.1 Å². The fraction of sp³-hybridized carbons (Fsp3) is 0.314. The number of fused-ring (bicyclic) bond motifs is 1. The van der Waals surface area contributed by atoms with E-state index in [1.807, 2.05) is 60.7 Å². The molecule has 0 unspecified atom stereocenters. The van der Waals surface area contributed by atoms with Crippen molar-refractivity contribution in [1.29, 1.82) is 0 Å². The van der Waals surface area contributed by atoms with E-state index in [9.17, 15) is 24.5 Å². The Labute approximate surface area is 276 Å². The molecule has 3 aromatic rings. The second-order valence-electron chi connectivity index (χ2n) is 11.0. The minimum absolute atomic E-state index is 0.00446. The topological polar surface area (TPSA) is 138 Å². The maximum atomic E-state index is 14.2. The molecule has 3 aromatic carbocycles. The van der Waals surface area contributed by atoms with Gasteiger partial charge in [-0.1, -0.05) is 80.4 Å². The van der Waals surface area contributed by atoms with Crippen LogP contribution in [0.15, 0.2) is 101 Å². The Morgan fingerprint density at radius 2 is 1.68 bits per heavy atom. The van der Waals surface area contributed by atoms with Crippen LogP contribution in [0.4, 0.5) is 5.69 Å². The predicted octanol–water partition coefficient (Wildman–Crippen LogP) is 5.98. The van der Waals surface area contributed by atoms with E-state index in [0.717, 1.165) is 24.0 Å². The second-order valence-corrected chi connectivity index (χ2v) is 12.1. The van der Waals surface area contributed by atoms with Gasteiger partial charge in [-0.05, 0) is 35.2 Å². The smallest absolute Gasteiger partial charge is 0.356 e. The highest BCUT2D eigenvalue weighted by Crippen LogP contribution is 2.49. The summed E-state index contributed by atoms with van der Waals surface area (Å²) in [6.45, 7) is 3.40. The fourth-order valence-electron chi connectivity index (χ4n) is 5.33. The summed E-state index contributed by atoms with van der Waals surface area (Å²) in [5.74, 6) is -1.59. The molecule has 0 saturated carbocycles. The predicted molar refractivity (Wildman–Crippen MR) is 176 cm³/mol. The van der Waals surface area contributed by atoms with Crippen LogP contribution in [0.2, 0.25) is 0 Å². The summed E-state index contributed by atoms with van der Waals surface area (Å²) in [5, 5.41) is 10.4. The van der Waals surface area contributed by atoms with Crippen LogP contribution in [0.25, 0.3) is 0 Å². The molecule has 5 rings (SSSR count). The van der Waals surface area contributed by atoms with Crippen LogP contribution in [0.1, 0.15) is 55.9 Å². The molecule has 2 atom stereocenters. The average molecular weight is 658 g/mol. The summed E-state index contributed by atoms with van der Waals surface area (Å²) in [6, 6.07) is 24.3. The number of nitro groups is 1. The molecule has 1 fully saturated rings. The number of benzene rings is 3. The third kappa shape index (κ3) is 7.44. The van der Waals surface area contributed by atoms with Gasteiger partial charge >= 0.3 is 11.9 Å². The van der Waals surface area contributed by atoms with Gasteiger partial charge in [0.1, 0.15) is 17.7 Å². The van der Waals surface area contributed by atoms with Crippen molar-refractivity contribution < 1.29 is 33.5 Å². The van der Waals surface area contributed by atoms with Gasteiger partial charge in [0, 0.05) is 36.6 Å². The highest BCUT2D eigenvalue weighted by molar-refractivity contribution is 8.00. The highest BCUT2D eigenvalue weighted by Gasteiger charge is 2.66. The molecular weight excluding hydrogens is 622 g/mol. The molecule has 0 bridgehead atoms. The van der Waals surface area contributed by atoms with Crippen molar-refractivity contribution in [1.82, 2.24) is 4.90 Å². The van der Waals surface area contributed by atoms with Crippen LogP contribution < -0.4 is 0 Å². The van der Waals surface area contributed by atoms with Crippen LogP contribution >= 0.6 is 11.8 Å². The average Bonchev–Trinajstić information content (AvgIpc) is 3.09. The molecule has 1 amide bonds. The molecule has 244 valence electrons. The summed E-state index contributed by atoms with van der Waals surface area (Å²) in [4.78, 5) is 56.7. The van der Waals surface area contributed by atoms with Crippen molar-refractivity contribution in [2.24, 2.45) is 4.99 Å². The van der Waals surface area contributed by atoms with Gasteiger partial charge in [-0.2, -0.15) is 0 Å². The summed E-state index contributed by atoms with van der Waals surface area (Å²) in [5.41, 5.74) is 0.739. The summed E-state index contributed by atoms with van der Waals surface area (Å²) in [6.07, 6.45) is 3.22. The van der Waals surface area contributed by atoms with Crippen LogP contribution in [0.3, 0.4) is 0 Å². The van der Waals surface area contributed by atoms with Gasteiger partial charge in [0.2, 0.25) is 0 Å². The normalized spacial score (nSPS) is 19.0. The number of thioether (sulfide) groups is 1. The van der Waals surface area contributed by atoms with Crippen molar-refractivity contribution in [2.45, 2.75) is 50.3 Å². The van der Waals surface area contributed by atoms with Crippen molar-refractivity contribution in [2.75, 3.05) is 19.0 Å². The summed E-state index contributed by atoms with van der Waals surface area (Å²) >= 11 is 1.34. The van der Waals surface area contributed by atoms with E-state index < -0.39 is 40.0 Å². The van der Waals surface area contributed by atoms with Crippen LogP contribution in [0.5, 0.6) is 0 Å². The number of esters is 2. The monoisotopic (exact) mass is 657 g/mol. The Balaban J connectivity index is 1.49. The molecule has 0 N–H and O–H groups in total. The number of hydrogen-bond acceptors (Lipinski definition) is 10. The van der Waals surface area contributed by atoms with Gasteiger partial charge in [-0.15, -0.1) is 11.8 Å². The molecule has 1 saturated heterocycles. The zero-order valence-electron chi connectivity index (χ0n) is 26.1. The largest absolute Gasteiger partial charge is 0.461 e. The lowest BCUT2D eigenvalue weighted by molar-refractivity contribution is -0.384. The number of nitro benzene ring substituents is 1. The van der Waals surface area contributed by atoms with E-state index in [4.69, 9.17) is 14.2 Å². The molecule has 0 radical (unpaired) electrons. The maximum Gasteiger partial charge on any atom is 0.356 e. The Morgan fingerprint density at radius 1 is 1.04 bits per heavy atom. The highest BCUT2D eigenvalue weighted by atomic mass is 32.2. The van der Waals surface area contributed by atoms with Crippen LogP contribution in [0, 0.1) is 10.1 Å². The molecule has 11 nitrogen and oxygen atoms in total. The number of carbonyl (C=O) groups excluding carboxylic acids is 3. The third-order valence-electron chi connectivity index (χ3n) is 7.74. The van der Waals surface area contributed by atoms with Gasteiger partial charge in [0.15, 0.2) is 6.10 Å². The number of unbranched alkanes of at least 4 members (excludes halogenated alkanes) is 2. The van der Waals surface area contributed by atoms with Gasteiger partial charge in [-0.3, -0.25) is 24.6 Å². The Hall–Kier alpha value is -4.81. The number of nitrogens with zero attached hydrogens (tertiary/aromatic N) is 3.